The molecule has 1 aromatic heterocycles. The Labute approximate surface area is 136 Å². The first-order chi connectivity index (χ1) is 9.70. The topological polar surface area (TPSA) is 12.0 Å². The van der Waals surface area contributed by atoms with Gasteiger partial charge < -0.3 is 5.32 Å². The molecule has 0 saturated carbocycles. The molecule has 0 amide bonds. The summed E-state index contributed by atoms with van der Waals surface area (Å²) in [6.45, 7) is 3.14. The zero-order valence-electron chi connectivity index (χ0n) is 11.2. The van der Waals surface area contributed by atoms with Crippen LogP contribution in [-0.2, 0) is 0 Å². The highest BCUT2D eigenvalue weighted by atomic mass is 79.9. The van der Waals surface area contributed by atoms with Gasteiger partial charge in [0.05, 0.1) is 0 Å². The monoisotopic (exact) mass is 373 g/mol. The summed E-state index contributed by atoms with van der Waals surface area (Å²) in [5.74, 6) is 0.712. The third-order valence-electron chi connectivity index (χ3n) is 2.87. The summed E-state index contributed by atoms with van der Waals surface area (Å²) in [4.78, 5) is 0.972. The Morgan fingerprint density at radius 2 is 2.25 bits per heavy atom. The molecule has 0 fully saturated rings. The van der Waals surface area contributed by atoms with Crippen molar-refractivity contribution in [1.29, 1.82) is 0 Å². The molecular formula is C15H17BrFNS2. The first-order valence-electron chi connectivity index (χ1n) is 6.54. The Morgan fingerprint density at radius 3 is 2.90 bits per heavy atom. The molecule has 20 heavy (non-hydrogen) atoms. The van der Waals surface area contributed by atoms with Gasteiger partial charge in [-0.05, 0) is 58.0 Å². The van der Waals surface area contributed by atoms with E-state index in [9.17, 15) is 4.39 Å². The van der Waals surface area contributed by atoms with Gasteiger partial charge in [0.15, 0.2) is 0 Å². The van der Waals surface area contributed by atoms with Crippen LogP contribution < -0.4 is 5.32 Å². The second-order valence-corrected chi connectivity index (χ2v) is 7.14. The molecule has 2 rings (SSSR count). The minimum Gasteiger partial charge on any atom is -0.309 e. The molecule has 1 unspecified atom stereocenters. The van der Waals surface area contributed by atoms with Crippen molar-refractivity contribution in [3.8, 4) is 0 Å². The average Bonchev–Trinajstić information content (AvgIpc) is 2.85. The molecule has 0 aliphatic carbocycles. The van der Waals surface area contributed by atoms with Crippen LogP contribution in [0.5, 0.6) is 0 Å². The van der Waals surface area contributed by atoms with E-state index in [1.165, 1.54) is 11.6 Å². The number of thioether (sulfide) groups is 1. The van der Waals surface area contributed by atoms with Crippen molar-refractivity contribution in [2.45, 2.75) is 24.3 Å². The highest BCUT2D eigenvalue weighted by Crippen LogP contribution is 2.31. The minimum atomic E-state index is -0.176. The molecule has 0 bridgehead atoms. The van der Waals surface area contributed by atoms with Crippen LogP contribution in [0.1, 0.15) is 24.9 Å². The van der Waals surface area contributed by atoms with E-state index in [-0.39, 0.29) is 11.9 Å². The molecular weight excluding hydrogens is 357 g/mol. The summed E-state index contributed by atoms with van der Waals surface area (Å²) in [5.41, 5.74) is 1.28. The number of hydrogen-bond acceptors (Lipinski definition) is 3. The molecule has 1 aromatic carbocycles. The van der Waals surface area contributed by atoms with E-state index in [1.54, 1.807) is 35.2 Å². The molecule has 1 nitrogen and oxygen atoms in total. The van der Waals surface area contributed by atoms with Crippen LogP contribution in [0.3, 0.4) is 0 Å². The van der Waals surface area contributed by atoms with E-state index in [0.29, 0.717) is 0 Å². The van der Waals surface area contributed by atoms with E-state index in [2.05, 4.69) is 38.9 Å². The number of halogens is 2. The molecule has 0 aliphatic rings. The van der Waals surface area contributed by atoms with Crippen LogP contribution >= 0.6 is 39.0 Å². The Hall–Kier alpha value is -0.360. The highest BCUT2D eigenvalue weighted by molar-refractivity contribution is 9.10. The fourth-order valence-electron chi connectivity index (χ4n) is 1.85. The van der Waals surface area contributed by atoms with E-state index < -0.39 is 0 Å². The van der Waals surface area contributed by atoms with Gasteiger partial charge in [-0.1, -0.05) is 13.0 Å². The molecule has 2 aromatic rings. The van der Waals surface area contributed by atoms with E-state index in [0.717, 1.165) is 28.1 Å². The van der Waals surface area contributed by atoms with Gasteiger partial charge in [-0.25, -0.2) is 4.39 Å². The van der Waals surface area contributed by atoms with Gasteiger partial charge in [0, 0.05) is 26.5 Å². The summed E-state index contributed by atoms with van der Waals surface area (Å²) < 4.78 is 14.3. The zero-order valence-corrected chi connectivity index (χ0v) is 14.5. The predicted molar refractivity (Wildman–Crippen MR) is 90.2 cm³/mol. The lowest BCUT2D eigenvalue weighted by molar-refractivity contribution is 0.577. The van der Waals surface area contributed by atoms with Gasteiger partial charge in [0.25, 0.3) is 0 Å². The van der Waals surface area contributed by atoms with E-state index in [1.807, 2.05) is 6.07 Å². The lowest BCUT2D eigenvalue weighted by Gasteiger charge is -2.18. The molecule has 108 valence electrons. The number of benzene rings is 1. The summed E-state index contributed by atoms with van der Waals surface area (Å²) in [7, 11) is 0. The molecule has 1 heterocycles. The SMILES string of the molecule is CCCNC(CSc1cccc(F)c1)c1cscc1Br. The normalized spacial score (nSPS) is 12.6. The van der Waals surface area contributed by atoms with Crippen LogP contribution in [0.4, 0.5) is 4.39 Å². The number of hydrogen-bond donors (Lipinski definition) is 1. The van der Waals surface area contributed by atoms with Gasteiger partial charge in [0.2, 0.25) is 0 Å². The third kappa shape index (κ3) is 4.58. The summed E-state index contributed by atoms with van der Waals surface area (Å²) in [6.07, 6.45) is 1.10. The fraction of sp³-hybridized carbons (Fsp3) is 0.333. The minimum absolute atomic E-state index is 0.176. The van der Waals surface area contributed by atoms with E-state index >= 15 is 0 Å². The second-order valence-electron chi connectivity index (χ2n) is 4.45. The van der Waals surface area contributed by atoms with Crippen molar-refractivity contribution in [3.05, 3.63) is 50.9 Å². The van der Waals surface area contributed by atoms with Crippen molar-refractivity contribution in [2.24, 2.45) is 0 Å². The summed E-state index contributed by atoms with van der Waals surface area (Å²) in [5, 5.41) is 7.83. The van der Waals surface area contributed by atoms with Gasteiger partial charge in [0.1, 0.15) is 5.82 Å². The van der Waals surface area contributed by atoms with Gasteiger partial charge in [-0.15, -0.1) is 11.8 Å². The number of thiophene rings is 1. The van der Waals surface area contributed by atoms with Crippen molar-refractivity contribution in [3.63, 3.8) is 0 Å². The molecule has 0 spiro atoms. The molecule has 0 saturated heterocycles. The lowest BCUT2D eigenvalue weighted by atomic mass is 10.2. The fourth-order valence-corrected chi connectivity index (χ4v) is 4.51. The predicted octanol–water partition coefficient (Wildman–Crippen LogP) is 5.48. The maximum Gasteiger partial charge on any atom is 0.124 e. The quantitative estimate of drug-likeness (QED) is 0.644. The standard InChI is InChI=1S/C15H17BrFNS2/c1-2-6-18-15(13-8-19-9-14(13)16)10-20-12-5-3-4-11(17)7-12/h3-5,7-9,15,18H,2,6,10H2,1H3. The smallest absolute Gasteiger partial charge is 0.124 e. The Kier molecular flexibility index (Phi) is 6.55. The van der Waals surface area contributed by atoms with Crippen molar-refractivity contribution >= 4 is 39.0 Å². The second kappa shape index (κ2) is 8.17. The van der Waals surface area contributed by atoms with Crippen molar-refractivity contribution in [2.75, 3.05) is 12.3 Å². The molecule has 0 radical (unpaired) electrons. The van der Waals surface area contributed by atoms with Gasteiger partial charge in [-0.2, -0.15) is 11.3 Å². The van der Waals surface area contributed by atoms with Crippen molar-refractivity contribution < 1.29 is 4.39 Å². The third-order valence-corrected chi connectivity index (χ3v) is 5.71. The highest BCUT2D eigenvalue weighted by Gasteiger charge is 2.15. The largest absolute Gasteiger partial charge is 0.309 e. The molecule has 1 atom stereocenters. The maximum atomic E-state index is 13.2. The van der Waals surface area contributed by atoms with Crippen LogP contribution in [-0.4, -0.2) is 12.3 Å². The van der Waals surface area contributed by atoms with Gasteiger partial charge >= 0.3 is 0 Å². The van der Waals surface area contributed by atoms with Gasteiger partial charge in [-0.3, -0.25) is 0 Å². The summed E-state index contributed by atoms with van der Waals surface area (Å²) >= 11 is 6.98. The number of nitrogens with one attached hydrogen (secondary N) is 1. The first-order valence-corrected chi connectivity index (χ1v) is 9.26. The van der Waals surface area contributed by atoms with Crippen LogP contribution in [0.2, 0.25) is 0 Å². The van der Waals surface area contributed by atoms with Crippen LogP contribution in [0.25, 0.3) is 0 Å². The maximum absolute atomic E-state index is 13.2. The molecule has 1 N–H and O–H groups in total. The van der Waals surface area contributed by atoms with Crippen LogP contribution in [0.15, 0.2) is 44.4 Å². The zero-order chi connectivity index (χ0) is 14.4. The lowest BCUT2D eigenvalue weighted by Crippen LogP contribution is -2.24. The number of rotatable bonds is 7. The van der Waals surface area contributed by atoms with E-state index in [4.69, 9.17) is 0 Å². The summed E-state index contributed by atoms with van der Waals surface area (Å²) in [6, 6.07) is 7.06. The molecule has 5 heteroatoms. The van der Waals surface area contributed by atoms with Crippen LogP contribution in [0, 0.1) is 5.82 Å². The Balaban J connectivity index is 2.03. The molecule has 0 aliphatic heterocycles. The first kappa shape index (κ1) is 16.0. The average molecular weight is 374 g/mol. The Bertz CT molecular complexity index is 544. The Morgan fingerprint density at radius 1 is 1.40 bits per heavy atom. The van der Waals surface area contributed by atoms with Crippen molar-refractivity contribution in [1.82, 2.24) is 5.32 Å².